The topological polar surface area (TPSA) is 90.0 Å². The van der Waals surface area contributed by atoms with Crippen LogP contribution in [0.2, 0.25) is 0 Å². The van der Waals surface area contributed by atoms with E-state index >= 15 is 0 Å². The van der Waals surface area contributed by atoms with Crippen LogP contribution in [-0.2, 0) is 14.3 Å². The van der Waals surface area contributed by atoms with Crippen molar-refractivity contribution in [2.45, 2.75) is 31.5 Å². The molecule has 1 spiro atoms. The highest BCUT2D eigenvalue weighted by molar-refractivity contribution is 6.37. The Morgan fingerprint density at radius 2 is 1.43 bits per heavy atom. The van der Waals surface area contributed by atoms with Crippen LogP contribution in [0.15, 0.2) is 78.9 Å². The molecule has 0 bridgehead atoms. The molecule has 0 radical (unpaired) electrons. The molecule has 3 atom stereocenters. The summed E-state index contributed by atoms with van der Waals surface area (Å²) in [6.45, 7) is 2.65. The number of carbonyl (C=O) groups excluding carboxylic acids is 4. The van der Waals surface area contributed by atoms with Gasteiger partial charge in [-0.1, -0.05) is 67.9 Å². The first-order chi connectivity index (χ1) is 18.0. The Kier molecular flexibility index (Phi) is 5.53. The van der Waals surface area contributed by atoms with Crippen molar-refractivity contribution in [1.82, 2.24) is 0 Å². The molecule has 7 nitrogen and oxygen atoms in total. The lowest BCUT2D eigenvalue weighted by atomic mass is 9.77. The van der Waals surface area contributed by atoms with Gasteiger partial charge in [0.05, 0.1) is 30.2 Å². The molecule has 0 aromatic heterocycles. The van der Waals surface area contributed by atoms with Crippen molar-refractivity contribution in [3.63, 3.8) is 0 Å². The maximum absolute atomic E-state index is 14.0. The summed E-state index contributed by atoms with van der Waals surface area (Å²) in [5.41, 5.74) is -0.641. The minimum atomic E-state index is -2.07. The second kappa shape index (κ2) is 8.78. The highest BCUT2D eigenvalue weighted by atomic mass is 16.5. The minimum Gasteiger partial charge on any atom is -0.494 e. The Hall–Kier alpha value is -4.10. The monoisotopic (exact) mass is 495 g/mol. The molecule has 37 heavy (non-hydrogen) atoms. The van der Waals surface area contributed by atoms with Crippen molar-refractivity contribution in [2.24, 2.45) is 11.8 Å². The first-order valence-electron chi connectivity index (χ1n) is 12.5. The number of nitrogens with zero attached hydrogens (tertiary/aromatic N) is 1. The van der Waals surface area contributed by atoms with Gasteiger partial charge in [-0.3, -0.25) is 19.2 Å². The molecule has 3 aromatic carbocycles. The third-order valence-electron chi connectivity index (χ3n) is 7.51. The molecule has 2 aliphatic heterocycles. The summed E-state index contributed by atoms with van der Waals surface area (Å²) in [5, 5.41) is 0. The lowest BCUT2D eigenvalue weighted by molar-refractivity contribution is -0.127. The Morgan fingerprint density at radius 3 is 2.05 bits per heavy atom. The van der Waals surface area contributed by atoms with Crippen LogP contribution in [0.1, 0.15) is 52.1 Å². The van der Waals surface area contributed by atoms with E-state index in [0.29, 0.717) is 23.6 Å². The van der Waals surface area contributed by atoms with Gasteiger partial charge in [-0.25, -0.2) is 4.90 Å². The molecule has 7 heteroatoms. The fourth-order valence-electron chi connectivity index (χ4n) is 5.74. The van der Waals surface area contributed by atoms with E-state index in [2.05, 4.69) is 6.92 Å². The molecule has 1 aliphatic carbocycles. The number of ether oxygens (including phenoxy) is 2. The van der Waals surface area contributed by atoms with E-state index in [1.807, 2.05) is 6.07 Å². The van der Waals surface area contributed by atoms with Crippen molar-refractivity contribution >= 4 is 29.1 Å². The molecule has 3 aliphatic rings. The number of benzene rings is 3. The van der Waals surface area contributed by atoms with E-state index in [1.165, 1.54) is 0 Å². The third kappa shape index (κ3) is 3.30. The van der Waals surface area contributed by atoms with Crippen molar-refractivity contribution in [3.8, 4) is 5.75 Å². The summed E-state index contributed by atoms with van der Waals surface area (Å²) < 4.78 is 12.0. The van der Waals surface area contributed by atoms with E-state index in [1.54, 1.807) is 72.8 Å². The molecule has 2 saturated heterocycles. The molecule has 3 aromatic rings. The standard InChI is InChI=1S/C30H25NO6/c1-2-3-17-36-20-15-13-19(14-16-20)31-28(34)23-24(29(31)35)30(37-25(23)18-9-5-4-6-10-18)26(32)21-11-7-8-12-22(21)27(30)33/h4-16,23-25H,2-3,17H2,1H3. The number of Topliss-reactive ketones (excluding diaryl/α,β-unsaturated/α-hetero) is 2. The van der Waals surface area contributed by atoms with Gasteiger partial charge >= 0.3 is 0 Å². The summed E-state index contributed by atoms with van der Waals surface area (Å²) in [6.07, 6.45) is 0.999. The zero-order chi connectivity index (χ0) is 25.7. The second-order valence-electron chi connectivity index (χ2n) is 9.60. The third-order valence-corrected chi connectivity index (χ3v) is 7.51. The van der Waals surface area contributed by atoms with Crippen LogP contribution >= 0.6 is 0 Å². The lowest BCUT2D eigenvalue weighted by Crippen LogP contribution is -2.51. The van der Waals surface area contributed by atoms with Crippen LogP contribution in [0.5, 0.6) is 5.75 Å². The highest BCUT2D eigenvalue weighted by Gasteiger charge is 2.74. The first-order valence-corrected chi connectivity index (χ1v) is 12.5. The van der Waals surface area contributed by atoms with Gasteiger partial charge in [0.1, 0.15) is 5.75 Å². The van der Waals surface area contributed by atoms with Crippen molar-refractivity contribution in [2.75, 3.05) is 11.5 Å². The number of imide groups is 1. The average Bonchev–Trinajstić information content (AvgIpc) is 3.50. The molecule has 3 unspecified atom stereocenters. The first kappa shape index (κ1) is 23.3. The van der Waals surface area contributed by atoms with Crippen LogP contribution in [-0.4, -0.2) is 35.6 Å². The molecule has 0 N–H and O–H groups in total. The number of amides is 2. The number of fused-ring (bicyclic) bond motifs is 3. The Balaban J connectivity index is 1.43. The second-order valence-corrected chi connectivity index (χ2v) is 9.60. The maximum atomic E-state index is 14.0. The molecule has 186 valence electrons. The van der Waals surface area contributed by atoms with Gasteiger partial charge in [0.2, 0.25) is 29.0 Å². The zero-order valence-corrected chi connectivity index (χ0v) is 20.3. The Morgan fingerprint density at radius 1 is 0.811 bits per heavy atom. The van der Waals surface area contributed by atoms with Crippen LogP contribution in [0.25, 0.3) is 0 Å². The Bertz CT molecular complexity index is 1380. The lowest BCUT2D eigenvalue weighted by Gasteiger charge is -2.27. The van der Waals surface area contributed by atoms with E-state index in [0.717, 1.165) is 17.7 Å². The summed E-state index contributed by atoms with van der Waals surface area (Å²) in [4.78, 5) is 56.5. The van der Waals surface area contributed by atoms with Crippen LogP contribution in [0, 0.1) is 11.8 Å². The average molecular weight is 496 g/mol. The molecule has 6 rings (SSSR count). The van der Waals surface area contributed by atoms with E-state index in [4.69, 9.17) is 9.47 Å². The van der Waals surface area contributed by atoms with Gasteiger partial charge < -0.3 is 9.47 Å². The molecular weight excluding hydrogens is 470 g/mol. The minimum absolute atomic E-state index is 0.215. The van der Waals surface area contributed by atoms with Crippen LogP contribution in [0.4, 0.5) is 5.69 Å². The fourth-order valence-corrected chi connectivity index (χ4v) is 5.74. The predicted octanol–water partition coefficient (Wildman–Crippen LogP) is 4.56. The molecule has 2 heterocycles. The van der Waals surface area contributed by atoms with Gasteiger partial charge in [0, 0.05) is 11.1 Å². The maximum Gasteiger partial charge on any atom is 0.241 e. The molecule has 2 amide bonds. The van der Waals surface area contributed by atoms with Crippen molar-refractivity contribution < 1.29 is 28.7 Å². The number of ketones is 2. The Labute approximate surface area is 214 Å². The van der Waals surface area contributed by atoms with Gasteiger partial charge in [0.25, 0.3) is 0 Å². The van der Waals surface area contributed by atoms with Gasteiger partial charge in [0.15, 0.2) is 0 Å². The number of hydrogen-bond donors (Lipinski definition) is 0. The summed E-state index contributed by atoms with van der Waals surface area (Å²) in [7, 11) is 0. The normalized spacial score (nSPS) is 23.6. The van der Waals surface area contributed by atoms with Crippen LogP contribution < -0.4 is 9.64 Å². The van der Waals surface area contributed by atoms with Gasteiger partial charge in [-0.15, -0.1) is 0 Å². The summed E-state index contributed by atoms with van der Waals surface area (Å²) in [5.74, 6) is -3.88. The summed E-state index contributed by atoms with van der Waals surface area (Å²) in [6, 6.07) is 22.2. The molecule has 0 saturated carbocycles. The van der Waals surface area contributed by atoms with Crippen LogP contribution in [0.3, 0.4) is 0 Å². The van der Waals surface area contributed by atoms with E-state index < -0.39 is 46.9 Å². The number of anilines is 1. The number of carbonyl (C=O) groups is 4. The predicted molar refractivity (Wildman–Crippen MR) is 134 cm³/mol. The smallest absolute Gasteiger partial charge is 0.241 e. The fraction of sp³-hybridized carbons (Fsp3) is 0.267. The van der Waals surface area contributed by atoms with Gasteiger partial charge in [-0.2, -0.15) is 0 Å². The molecular formula is C30H25NO6. The molecule has 2 fully saturated rings. The highest BCUT2D eigenvalue weighted by Crippen LogP contribution is 2.57. The summed E-state index contributed by atoms with van der Waals surface area (Å²) >= 11 is 0. The van der Waals surface area contributed by atoms with E-state index in [9.17, 15) is 19.2 Å². The number of rotatable bonds is 6. The SMILES string of the molecule is CCCCOc1ccc(N2C(=O)C3C(c4ccccc4)OC4(C(=O)c5ccccc5C4=O)C3C2=O)cc1. The zero-order valence-electron chi connectivity index (χ0n) is 20.3. The van der Waals surface area contributed by atoms with Crippen molar-refractivity contribution in [1.29, 1.82) is 0 Å². The number of unbranched alkanes of at least 4 members (excludes halogenated alkanes) is 1. The quantitative estimate of drug-likeness (QED) is 0.283. The largest absolute Gasteiger partial charge is 0.494 e. The van der Waals surface area contributed by atoms with E-state index in [-0.39, 0.29) is 11.1 Å². The number of hydrogen-bond acceptors (Lipinski definition) is 6. The van der Waals surface area contributed by atoms with Gasteiger partial charge in [-0.05, 0) is 36.2 Å². The van der Waals surface area contributed by atoms with Crippen molar-refractivity contribution in [3.05, 3.63) is 95.6 Å².